The average molecular weight is 539 g/mol. The summed E-state index contributed by atoms with van der Waals surface area (Å²) in [5.74, 6) is -5.13. The summed E-state index contributed by atoms with van der Waals surface area (Å²) in [4.78, 5) is 47.4. The fourth-order valence-corrected chi connectivity index (χ4v) is 4.14. The smallest absolute Gasteiger partial charge is 0.391 e. The van der Waals surface area contributed by atoms with Crippen LogP contribution in [-0.4, -0.2) is 56.3 Å². The van der Waals surface area contributed by atoms with E-state index in [0.717, 1.165) is 15.7 Å². The number of rotatable bonds is 6. The number of alkyl halides is 3. The van der Waals surface area contributed by atoms with Crippen LogP contribution in [0, 0.1) is 17.6 Å². The van der Waals surface area contributed by atoms with Crippen molar-refractivity contribution in [3.05, 3.63) is 58.0 Å². The van der Waals surface area contributed by atoms with E-state index in [1.807, 2.05) is 5.32 Å². The second-order valence-electron chi connectivity index (χ2n) is 9.30. The number of aliphatic hydroxyl groups is 1. The number of carbonyl (C=O) groups excluding carboxylic acids is 2. The van der Waals surface area contributed by atoms with E-state index in [1.54, 1.807) is 0 Å². The van der Waals surface area contributed by atoms with E-state index >= 15 is 0 Å². The van der Waals surface area contributed by atoms with E-state index < -0.39 is 70.9 Å². The van der Waals surface area contributed by atoms with Gasteiger partial charge in [-0.3, -0.25) is 23.9 Å². The van der Waals surface area contributed by atoms with Crippen LogP contribution in [0.15, 0.2) is 35.4 Å². The van der Waals surface area contributed by atoms with Crippen LogP contribution in [0.25, 0.3) is 16.9 Å². The largest absolute Gasteiger partial charge is 0.408 e. The lowest BCUT2D eigenvalue weighted by atomic mass is 10.0. The van der Waals surface area contributed by atoms with Gasteiger partial charge in [0.25, 0.3) is 5.91 Å². The highest BCUT2D eigenvalue weighted by atomic mass is 19.4. The van der Waals surface area contributed by atoms with Crippen LogP contribution in [0.1, 0.15) is 37.0 Å². The molecular weight excluding hydrogens is 517 g/mol. The van der Waals surface area contributed by atoms with Crippen LogP contribution in [0.2, 0.25) is 0 Å². The first-order chi connectivity index (χ1) is 17.8. The van der Waals surface area contributed by atoms with Gasteiger partial charge in [-0.1, -0.05) is 13.8 Å². The van der Waals surface area contributed by atoms with Crippen LogP contribution in [0.4, 0.5) is 27.8 Å². The molecule has 0 spiro atoms. The molecule has 1 aliphatic rings. The van der Waals surface area contributed by atoms with Crippen molar-refractivity contribution in [2.24, 2.45) is 5.92 Å². The molecular formula is C24H22F5N5O4. The van der Waals surface area contributed by atoms with Crippen LogP contribution in [0.5, 0.6) is 0 Å². The lowest BCUT2D eigenvalue weighted by Gasteiger charge is -2.23. The number of carbonyl (C=O) groups is 2. The number of aromatic nitrogens is 3. The zero-order valence-electron chi connectivity index (χ0n) is 20.1. The minimum atomic E-state index is -4.80. The van der Waals surface area contributed by atoms with Gasteiger partial charge in [0, 0.05) is 12.3 Å². The molecule has 0 aliphatic carbocycles. The predicted molar refractivity (Wildman–Crippen MR) is 125 cm³/mol. The molecule has 3 aromatic rings. The second-order valence-corrected chi connectivity index (χ2v) is 9.30. The van der Waals surface area contributed by atoms with Gasteiger partial charge in [0.15, 0.2) is 17.3 Å². The van der Waals surface area contributed by atoms with E-state index in [4.69, 9.17) is 0 Å². The molecule has 2 N–H and O–H groups in total. The van der Waals surface area contributed by atoms with Gasteiger partial charge in [0.05, 0.1) is 30.7 Å². The molecule has 0 radical (unpaired) electrons. The lowest BCUT2D eigenvalue weighted by Crippen LogP contribution is -2.47. The Morgan fingerprint density at radius 1 is 1.24 bits per heavy atom. The van der Waals surface area contributed by atoms with Gasteiger partial charge in [-0.25, -0.2) is 18.7 Å². The molecule has 0 bridgehead atoms. The van der Waals surface area contributed by atoms with Crippen LogP contribution < -0.4 is 15.6 Å². The fraction of sp³-hybridized carbons (Fsp3) is 0.375. The van der Waals surface area contributed by atoms with E-state index in [0.29, 0.717) is 12.3 Å². The Labute approximate surface area is 211 Å². The van der Waals surface area contributed by atoms with Crippen molar-refractivity contribution in [2.45, 2.75) is 45.0 Å². The van der Waals surface area contributed by atoms with E-state index in [1.165, 1.54) is 26.0 Å². The van der Waals surface area contributed by atoms with Crippen LogP contribution >= 0.6 is 0 Å². The molecule has 38 heavy (non-hydrogen) atoms. The molecule has 14 heteroatoms. The van der Waals surface area contributed by atoms with Gasteiger partial charge in [0.2, 0.25) is 11.3 Å². The molecule has 2 amide bonds. The van der Waals surface area contributed by atoms with E-state index in [-0.39, 0.29) is 29.8 Å². The van der Waals surface area contributed by atoms with Gasteiger partial charge < -0.3 is 10.4 Å². The summed E-state index contributed by atoms with van der Waals surface area (Å²) in [6.07, 6.45) is -4.96. The summed E-state index contributed by atoms with van der Waals surface area (Å²) in [5, 5.41) is 11.3. The molecule has 0 aromatic carbocycles. The molecule has 202 valence electrons. The third kappa shape index (κ3) is 5.35. The van der Waals surface area contributed by atoms with Gasteiger partial charge in [-0.05, 0) is 24.5 Å². The molecule has 4 rings (SSSR count). The number of halogens is 5. The number of hydrogen-bond donors (Lipinski definition) is 2. The summed E-state index contributed by atoms with van der Waals surface area (Å²) >= 11 is 0. The third-order valence-corrected chi connectivity index (χ3v) is 5.89. The minimum Gasteiger partial charge on any atom is -0.391 e. The first-order valence-corrected chi connectivity index (χ1v) is 11.5. The lowest BCUT2D eigenvalue weighted by molar-refractivity contribution is -0.156. The zero-order chi connectivity index (χ0) is 27.9. The topological polar surface area (TPSA) is 117 Å². The highest BCUT2D eigenvalue weighted by Crippen LogP contribution is 2.27. The first-order valence-electron chi connectivity index (χ1n) is 11.5. The third-order valence-electron chi connectivity index (χ3n) is 5.89. The summed E-state index contributed by atoms with van der Waals surface area (Å²) in [5.41, 5.74) is -2.07. The van der Waals surface area contributed by atoms with Gasteiger partial charge in [0.1, 0.15) is 23.2 Å². The number of pyridine rings is 3. The maximum atomic E-state index is 14.7. The predicted octanol–water partition coefficient (Wildman–Crippen LogP) is 2.86. The second kappa shape index (κ2) is 10.1. The maximum Gasteiger partial charge on any atom is 0.408 e. The molecule has 1 fully saturated rings. The summed E-state index contributed by atoms with van der Waals surface area (Å²) < 4.78 is 69.7. The summed E-state index contributed by atoms with van der Waals surface area (Å²) in [7, 11) is 0. The number of anilines is 1. The first kappa shape index (κ1) is 27.1. The van der Waals surface area contributed by atoms with Gasteiger partial charge >= 0.3 is 6.18 Å². The molecule has 3 aromatic heterocycles. The SMILES string of the molecule is CC(C)C[C@@H](NC(=O)c1cn(-c2ncc(F)cc2F)c2nc(N3CC(O)CC3=O)ccc2c1=O)C(F)(F)F. The van der Waals surface area contributed by atoms with Crippen molar-refractivity contribution in [2.75, 3.05) is 11.4 Å². The number of hydrogen-bond acceptors (Lipinski definition) is 6. The monoisotopic (exact) mass is 539 g/mol. The Balaban J connectivity index is 1.90. The highest BCUT2D eigenvalue weighted by molar-refractivity contribution is 5.99. The Morgan fingerprint density at radius 3 is 2.53 bits per heavy atom. The number of nitrogens with zero attached hydrogens (tertiary/aromatic N) is 4. The molecule has 9 nitrogen and oxygen atoms in total. The minimum absolute atomic E-state index is 0.0130. The van der Waals surface area contributed by atoms with Crippen molar-refractivity contribution in [3.63, 3.8) is 0 Å². The molecule has 1 aliphatic heterocycles. The average Bonchev–Trinajstić information content (AvgIpc) is 3.16. The van der Waals surface area contributed by atoms with E-state index in [2.05, 4.69) is 9.97 Å². The summed E-state index contributed by atoms with van der Waals surface area (Å²) in [6, 6.07) is 0.644. The standard InChI is InChI=1S/C24H22F5N5O4/c1-11(2)5-17(24(27,28)29)31-23(38)15-10-34(22-16(26)6-12(25)8-30-22)21-14(20(15)37)3-4-18(32-21)33-9-13(35)7-19(33)36/h3-4,6,8,10-11,13,17,35H,5,7,9H2,1-2H3,(H,31,38)/t13?,17-/m1/s1. The van der Waals surface area contributed by atoms with Crippen molar-refractivity contribution in [1.29, 1.82) is 0 Å². The summed E-state index contributed by atoms with van der Waals surface area (Å²) in [6.45, 7) is 2.97. The van der Waals surface area contributed by atoms with Crippen molar-refractivity contribution >= 4 is 28.7 Å². The number of fused-ring (bicyclic) bond motifs is 1. The molecule has 2 atom stereocenters. The van der Waals surface area contributed by atoms with Crippen LogP contribution in [-0.2, 0) is 4.79 Å². The Morgan fingerprint density at radius 2 is 1.95 bits per heavy atom. The number of nitrogens with one attached hydrogen (secondary N) is 1. The Hall–Kier alpha value is -3.94. The number of amides is 2. The fourth-order valence-electron chi connectivity index (χ4n) is 4.14. The molecule has 1 unspecified atom stereocenters. The molecule has 0 saturated carbocycles. The quantitative estimate of drug-likeness (QED) is 0.466. The van der Waals surface area contributed by atoms with Crippen molar-refractivity contribution < 1.29 is 36.6 Å². The number of aliphatic hydroxyl groups excluding tert-OH is 1. The maximum absolute atomic E-state index is 14.7. The normalized spacial score (nSPS) is 16.9. The van der Waals surface area contributed by atoms with Gasteiger partial charge in [-0.15, -0.1) is 0 Å². The van der Waals surface area contributed by atoms with E-state index in [9.17, 15) is 41.4 Å². The van der Waals surface area contributed by atoms with Crippen molar-refractivity contribution in [3.8, 4) is 5.82 Å². The van der Waals surface area contributed by atoms with Crippen molar-refractivity contribution in [1.82, 2.24) is 19.9 Å². The Kier molecular flexibility index (Phi) is 7.19. The van der Waals surface area contributed by atoms with Gasteiger partial charge in [-0.2, -0.15) is 13.2 Å². The van der Waals surface area contributed by atoms with Crippen LogP contribution in [0.3, 0.4) is 0 Å². The Bertz CT molecular complexity index is 1470. The zero-order valence-corrected chi connectivity index (χ0v) is 20.1. The molecule has 4 heterocycles. The number of β-amino-alcohol motifs (C(OH)–C–C–N with tert-alkyl or cyclic N) is 1. The molecule has 1 saturated heterocycles. The highest BCUT2D eigenvalue weighted by Gasteiger charge is 2.41.